The van der Waals surface area contributed by atoms with Crippen molar-refractivity contribution in [3.05, 3.63) is 58.9 Å². The van der Waals surface area contributed by atoms with Crippen LogP contribution >= 0.6 is 0 Å². The van der Waals surface area contributed by atoms with Crippen LogP contribution in [0.3, 0.4) is 0 Å². The Morgan fingerprint density at radius 2 is 2.07 bits per heavy atom. The molecule has 1 amide bonds. The molecule has 0 fully saturated rings. The van der Waals surface area contributed by atoms with Crippen LogP contribution in [-0.4, -0.2) is 32.7 Å². The third kappa shape index (κ3) is 3.70. The molecule has 2 N–H and O–H groups in total. The normalized spacial score (nSPS) is 13.3. The number of carbonyl (C=O) groups is 1. The third-order valence-electron chi connectivity index (χ3n) is 4.53. The summed E-state index contributed by atoms with van der Waals surface area (Å²) in [6, 6.07) is 11.1. The molecule has 138 valence electrons. The van der Waals surface area contributed by atoms with Crippen LogP contribution in [-0.2, 0) is 24.3 Å². The standard InChI is InChI=1S/C19H19FN6O/c1-12-2-4-13(5-3-12)19-23-25-26(24-19)11-17(27)22-16-7-6-14-10-21-9-8-15(14)18(16)20/h2-7,21H,8-11H2,1H3,(H,22,27). The molecule has 0 atom stereocenters. The average molecular weight is 366 g/mol. The first-order valence-corrected chi connectivity index (χ1v) is 8.76. The Morgan fingerprint density at radius 3 is 2.89 bits per heavy atom. The quantitative estimate of drug-likeness (QED) is 0.738. The van der Waals surface area contributed by atoms with Crippen LogP contribution in [0.2, 0.25) is 0 Å². The van der Waals surface area contributed by atoms with Gasteiger partial charge >= 0.3 is 0 Å². The van der Waals surface area contributed by atoms with Crippen molar-refractivity contribution >= 4 is 11.6 Å². The van der Waals surface area contributed by atoms with Gasteiger partial charge in [-0.2, -0.15) is 4.80 Å². The maximum Gasteiger partial charge on any atom is 0.248 e. The van der Waals surface area contributed by atoms with Crippen LogP contribution in [0.4, 0.5) is 10.1 Å². The molecule has 8 heteroatoms. The lowest BCUT2D eigenvalue weighted by Crippen LogP contribution is -2.26. The van der Waals surface area contributed by atoms with Gasteiger partial charge in [-0.25, -0.2) is 4.39 Å². The molecule has 0 radical (unpaired) electrons. The smallest absolute Gasteiger partial charge is 0.248 e. The Bertz CT molecular complexity index is 982. The maximum absolute atomic E-state index is 14.6. The number of halogens is 1. The van der Waals surface area contributed by atoms with Gasteiger partial charge in [-0.15, -0.1) is 10.2 Å². The first-order valence-electron chi connectivity index (χ1n) is 8.76. The van der Waals surface area contributed by atoms with E-state index < -0.39 is 5.91 Å². The highest BCUT2D eigenvalue weighted by Gasteiger charge is 2.18. The third-order valence-corrected chi connectivity index (χ3v) is 4.53. The highest BCUT2D eigenvalue weighted by atomic mass is 19.1. The predicted octanol–water partition coefficient (Wildman–Crippen LogP) is 2.07. The lowest BCUT2D eigenvalue weighted by Gasteiger charge is -2.19. The first kappa shape index (κ1) is 17.3. The zero-order valence-electron chi connectivity index (χ0n) is 14.9. The summed E-state index contributed by atoms with van der Waals surface area (Å²) in [6.07, 6.45) is 0.607. The van der Waals surface area contributed by atoms with Gasteiger partial charge in [0.05, 0.1) is 5.69 Å². The molecule has 0 saturated heterocycles. The number of fused-ring (bicyclic) bond motifs is 1. The molecular weight excluding hydrogens is 347 g/mol. The number of benzene rings is 2. The Balaban J connectivity index is 1.45. The molecule has 2 aromatic carbocycles. The van der Waals surface area contributed by atoms with E-state index in [0.717, 1.165) is 23.2 Å². The van der Waals surface area contributed by atoms with Crippen molar-refractivity contribution in [1.82, 2.24) is 25.5 Å². The van der Waals surface area contributed by atoms with E-state index in [2.05, 4.69) is 26.0 Å². The van der Waals surface area contributed by atoms with Crippen molar-refractivity contribution in [2.24, 2.45) is 0 Å². The monoisotopic (exact) mass is 366 g/mol. The van der Waals surface area contributed by atoms with Crippen LogP contribution in [0.15, 0.2) is 36.4 Å². The largest absolute Gasteiger partial charge is 0.322 e. The van der Waals surface area contributed by atoms with Gasteiger partial charge in [-0.05, 0) is 42.3 Å². The summed E-state index contributed by atoms with van der Waals surface area (Å²) in [6.45, 7) is 3.23. The molecule has 27 heavy (non-hydrogen) atoms. The molecule has 1 aliphatic heterocycles. The number of anilines is 1. The van der Waals surface area contributed by atoms with Crippen molar-refractivity contribution in [3.63, 3.8) is 0 Å². The van der Waals surface area contributed by atoms with Crippen molar-refractivity contribution in [2.45, 2.75) is 26.4 Å². The summed E-state index contributed by atoms with van der Waals surface area (Å²) in [7, 11) is 0. The van der Waals surface area contributed by atoms with E-state index >= 15 is 0 Å². The summed E-state index contributed by atoms with van der Waals surface area (Å²) in [5.41, 5.74) is 3.72. The van der Waals surface area contributed by atoms with Gasteiger partial charge in [0.1, 0.15) is 12.4 Å². The number of aryl methyl sites for hydroxylation is 1. The van der Waals surface area contributed by atoms with Crippen molar-refractivity contribution < 1.29 is 9.18 Å². The van der Waals surface area contributed by atoms with Crippen LogP contribution in [0.25, 0.3) is 11.4 Å². The number of tetrazole rings is 1. The van der Waals surface area contributed by atoms with E-state index in [-0.39, 0.29) is 18.0 Å². The number of nitrogens with one attached hydrogen (secondary N) is 2. The summed E-state index contributed by atoms with van der Waals surface area (Å²) in [5, 5.41) is 17.9. The molecule has 0 aliphatic carbocycles. The Kier molecular flexibility index (Phi) is 4.64. The Morgan fingerprint density at radius 1 is 1.26 bits per heavy atom. The fourth-order valence-corrected chi connectivity index (χ4v) is 3.08. The lowest BCUT2D eigenvalue weighted by molar-refractivity contribution is -0.117. The van der Waals surface area contributed by atoms with Crippen molar-refractivity contribution in [1.29, 1.82) is 0 Å². The number of nitrogens with zero attached hydrogens (tertiary/aromatic N) is 4. The minimum absolute atomic E-state index is 0.142. The van der Waals surface area contributed by atoms with Crippen LogP contribution < -0.4 is 10.6 Å². The highest BCUT2D eigenvalue weighted by molar-refractivity contribution is 5.90. The van der Waals surface area contributed by atoms with Crippen LogP contribution in [0.1, 0.15) is 16.7 Å². The van der Waals surface area contributed by atoms with E-state index in [0.29, 0.717) is 24.4 Å². The van der Waals surface area contributed by atoms with Gasteiger partial charge in [0.15, 0.2) is 0 Å². The van der Waals surface area contributed by atoms with Gasteiger partial charge < -0.3 is 10.6 Å². The number of amides is 1. The lowest BCUT2D eigenvalue weighted by atomic mass is 9.99. The zero-order valence-corrected chi connectivity index (χ0v) is 14.9. The molecule has 4 rings (SSSR count). The van der Waals surface area contributed by atoms with Gasteiger partial charge in [-0.3, -0.25) is 4.79 Å². The Hall–Kier alpha value is -3.13. The van der Waals surface area contributed by atoms with Crippen LogP contribution in [0.5, 0.6) is 0 Å². The Labute approximate surface area is 155 Å². The molecule has 1 aliphatic rings. The maximum atomic E-state index is 14.6. The first-order chi connectivity index (χ1) is 13.1. The molecule has 2 heterocycles. The predicted molar refractivity (Wildman–Crippen MR) is 98.4 cm³/mol. The number of aromatic nitrogens is 4. The minimum Gasteiger partial charge on any atom is -0.322 e. The molecule has 0 saturated carbocycles. The molecular formula is C19H19FN6O. The average Bonchev–Trinajstić information content (AvgIpc) is 3.13. The molecule has 7 nitrogen and oxygen atoms in total. The van der Waals surface area contributed by atoms with Gasteiger partial charge in [0, 0.05) is 12.1 Å². The topological polar surface area (TPSA) is 84.7 Å². The fraction of sp³-hybridized carbons (Fsp3) is 0.263. The van der Waals surface area contributed by atoms with E-state index in [4.69, 9.17) is 0 Å². The van der Waals surface area contributed by atoms with E-state index in [1.54, 1.807) is 6.07 Å². The van der Waals surface area contributed by atoms with Gasteiger partial charge in [0.2, 0.25) is 11.7 Å². The molecule has 3 aromatic rings. The van der Waals surface area contributed by atoms with E-state index in [1.165, 1.54) is 4.80 Å². The van der Waals surface area contributed by atoms with E-state index in [1.807, 2.05) is 37.3 Å². The zero-order chi connectivity index (χ0) is 18.8. The summed E-state index contributed by atoms with van der Waals surface area (Å²) < 4.78 is 14.6. The van der Waals surface area contributed by atoms with Crippen LogP contribution in [0, 0.1) is 12.7 Å². The van der Waals surface area contributed by atoms with Gasteiger partial charge in [0.25, 0.3) is 0 Å². The fourth-order valence-electron chi connectivity index (χ4n) is 3.08. The number of hydrogen-bond acceptors (Lipinski definition) is 5. The minimum atomic E-state index is -0.407. The van der Waals surface area contributed by atoms with E-state index in [9.17, 15) is 9.18 Å². The number of rotatable bonds is 4. The second-order valence-electron chi connectivity index (χ2n) is 6.55. The highest BCUT2D eigenvalue weighted by Crippen LogP contribution is 2.24. The second kappa shape index (κ2) is 7.24. The number of carbonyl (C=O) groups excluding carboxylic acids is 1. The molecule has 1 aromatic heterocycles. The second-order valence-corrected chi connectivity index (χ2v) is 6.55. The number of hydrogen-bond donors (Lipinski definition) is 2. The summed E-state index contributed by atoms with van der Waals surface area (Å²) >= 11 is 0. The SMILES string of the molecule is Cc1ccc(-c2nnn(CC(=O)Nc3ccc4c(c3F)CCNC4)n2)cc1. The summed E-state index contributed by atoms with van der Waals surface area (Å²) in [5.74, 6) is -0.333. The van der Waals surface area contributed by atoms with Gasteiger partial charge in [-0.1, -0.05) is 35.9 Å². The van der Waals surface area contributed by atoms with Crippen molar-refractivity contribution in [3.8, 4) is 11.4 Å². The molecule has 0 unspecified atom stereocenters. The molecule has 0 spiro atoms. The van der Waals surface area contributed by atoms with Crippen molar-refractivity contribution in [2.75, 3.05) is 11.9 Å². The molecule has 0 bridgehead atoms. The summed E-state index contributed by atoms with van der Waals surface area (Å²) in [4.78, 5) is 13.5.